The number of rotatable bonds is 3. The Morgan fingerprint density at radius 3 is 2.78 bits per heavy atom. The lowest BCUT2D eigenvalue weighted by atomic mass is 9.98. The van der Waals surface area contributed by atoms with Crippen LogP contribution in [-0.4, -0.2) is 35.6 Å². The zero-order valence-electron chi connectivity index (χ0n) is 10.9. The van der Waals surface area contributed by atoms with Crippen LogP contribution in [0.1, 0.15) is 24.0 Å². The lowest BCUT2D eigenvalue weighted by Crippen LogP contribution is -2.41. The number of hydrogen-bond donors (Lipinski definition) is 1. The van der Waals surface area contributed by atoms with Gasteiger partial charge in [-0.1, -0.05) is 29.8 Å². The summed E-state index contributed by atoms with van der Waals surface area (Å²) in [6, 6.07) is 8.10. The van der Waals surface area contributed by atoms with Crippen molar-refractivity contribution < 1.29 is 9.90 Å². The van der Waals surface area contributed by atoms with Crippen molar-refractivity contribution in [3.8, 4) is 0 Å². The van der Waals surface area contributed by atoms with Gasteiger partial charge in [0.05, 0.1) is 6.42 Å². The molecule has 1 aromatic rings. The number of amides is 1. The zero-order chi connectivity index (χ0) is 13.0. The van der Waals surface area contributed by atoms with Gasteiger partial charge < -0.3 is 10.0 Å². The Balaban J connectivity index is 1.93. The Labute approximate surface area is 108 Å². The van der Waals surface area contributed by atoms with Crippen LogP contribution in [0.15, 0.2) is 24.3 Å². The number of benzene rings is 1. The van der Waals surface area contributed by atoms with Crippen LogP contribution < -0.4 is 0 Å². The summed E-state index contributed by atoms with van der Waals surface area (Å²) >= 11 is 0. The molecular formula is C15H21NO2. The van der Waals surface area contributed by atoms with Gasteiger partial charge in [-0.2, -0.15) is 0 Å². The second-order valence-corrected chi connectivity index (χ2v) is 5.19. The molecule has 1 N–H and O–H groups in total. The van der Waals surface area contributed by atoms with E-state index in [-0.39, 0.29) is 18.4 Å². The molecule has 1 fully saturated rings. The van der Waals surface area contributed by atoms with E-state index in [4.69, 9.17) is 0 Å². The number of aryl methyl sites for hydroxylation is 1. The minimum atomic E-state index is 0.178. The summed E-state index contributed by atoms with van der Waals surface area (Å²) in [7, 11) is 0. The first-order valence-electron chi connectivity index (χ1n) is 6.63. The third-order valence-corrected chi connectivity index (χ3v) is 3.61. The maximum atomic E-state index is 12.2. The second-order valence-electron chi connectivity index (χ2n) is 5.19. The molecule has 0 aromatic heterocycles. The average Bonchev–Trinajstić information content (AvgIpc) is 2.41. The highest BCUT2D eigenvalue weighted by molar-refractivity contribution is 5.78. The molecule has 1 atom stereocenters. The molecule has 1 heterocycles. The zero-order valence-corrected chi connectivity index (χ0v) is 10.9. The summed E-state index contributed by atoms with van der Waals surface area (Å²) in [5.74, 6) is 0.442. The van der Waals surface area contributed by atoms with Crippen molar-refractivity contribution in [1.29, 1.82) is 0 Å². The Bertz CT molecular complexity index is 399. The Morgan fingerprint density at radius 1 is 1.39 bits per heavy atom. The van der Waals surface area contributed by atoms with E-state index in [9.17, 15) is 9.90 Å². The lowest BCUT2D eigenvalue weighted by Gasteiger charge is -2.32. The smallest absolute Gasteiger partial charge is 0.226 e. The van der Waals surface area contributed by atoms with E-state index in [2.05, 4.69) is 0 Å². The molecule has 1 amide bonds. The standard InChI is InChI=1S/C15H21NO2/c1-12-4-6-13(7-5-12)9-15(18)16-8-2-3-14(10-16)11-17/h4-7,14,17H,2-3,8-11H2,1H3. The van der Waals surface area contributed by atoms with Crippen LogP contribution in [0.3, 0.4) is 0 Å². The SMILES string of the molecule is Cc1ccc(CC(=O)N2CCCC(CO)C2)cc1. The first-order valence-corrected chi connectivity index (χ1v) is 6.63. The average molecular weight is 247 g/mol. The van der Waals surface area contributed by atoms with Gasteiger partial charge in [-0.15, -0.1) is 0 Å². The summed E-state index contributed by atoms with van der Waals surface area (Å²) in [6.07, 6.45) is 2.51. The third-order valence-electron chi connectivity index (χ3n) is 3.61. The maximum Gasteiger partial charge on any atom is 0.226 e. The summed E-state index contributed by atoms with van der Waals surface area (Å²) < 4.78 is 0. The summed E-state index contributed by atoms with van der Waals surface area (Å²) in [5.41, 5.74) is 2.28. The molecule has 3 heteroatoms. The fourth-order valence-corrected chi connectivity index (χ4v) is 2.43. The van der Waals surface area contributed by atoms with Gasteiger partial charge in [0, 0.05) is 19.7 Å². The predicted molar refractivity (Wildman–Crippen MR) is 71.3 cm³/mol. The number of carbonyl (C=O) groups excluding carboxylic acids is 1. The van der Waals surface area contributed by atoms with Crippen LogP contribution >= 0.6 is 0 Å². The van der Waals surface area contributed by atoms with Crippen LogP contribution in [0.2, 0.25) is 0 Å². The van der Waals surface area contributed by atoms with Gasteiger partial charge in [-0.25, -0.2) is 0 Å². The normalized spacial score (nSPS) is 19.9. The van der Waals surface area contributed by atoms with Gasteiger partial charge >= 0.3 is 0 Å². The molecule has 1 aliphatic rings. The number of aliphatic hydroxyl groups excluding tert-OH is 1. The summed E-state index contributed by atoms with van der Waals surface area (Å²) in [6.45, 7) is 3.78. The molecule has 98 valence electrons. The fourth-order valence-electron chi connectivity index (χ4n) is 2.43. The third kappa shape index (κ3) is 3.33. The van der Waals surface area contributed by atoms with Gasteiger partial charge in [0.25, 0.3) is 0 Å². The molecule has 2 rings (SSSR count). The Morgan fingerprint density at radius 2 is 2.11 bits per heavy atom. The first-order chi connectivity index (χ1) is 8.69. The van der Waals surface area contributed by atoms with Crippen molar-refractivity contribution in [2.75, 3.05) is 19.7 Å². The van der Waals surface area contributed by atoms with Crippen molar-refractivity contribution >= 4 is 5.91 Å². The van der Waals surface area contributed by atoms with Crippen LogP contribution in [-0.2, 0) is 11.2 Å². The minimum absolute atomic E-state index is 0.178. The van der Waals surface area contributed by atoms with Gasteiger partial charge in [-0.3, -0.25) is 4.79 Å². The van der Waals surface area contributed by atoms with Crippen LogP contribution in [0.25, 0.3) is 0 Å². The predicted octanol–water partition coefficient (Wildman–Crippen LogP) is 1.77. The molecular weight excluding hydrogens is 226 g/mol. The summed E-state index contributed by atoms with van der Waals surface area (Å²) in [4.78, 5) is 14.1. The van der Waals surface area contributed by atoms with Crippen molar-refractivity contribution in [2.45, 2.75) is 26.2 Å². The molecule has 1 saturated heterocycles. The van der Waals surface area contributed by atoms with Crippen LogP contribution in [0.4, 0.5) is 0 Å². The number of likely N-dealkylation sites (tertiary alicyclic amines) is 1. The lowest BCUT2D eigenvalue weighted by molar-refractivity contribution is -0.132. The molecule has 1 aromatic carbocycles. The van der Waals surface area contributed by atoms with Gasteiger partial charge in [0.2, 0.25) is 5.91 Å². The number of carbonyl (C=O) groups is 1. The second kappa shape index (κ2) is 6.01. The topological polar surface area (TPSA) is 40.5 Å². The molecule has 0 spiro atoms. The van der Waals surface area contributed by atoms with E-state index in [1.807, 2.05) is 36.1 Å². The molecule has 18 heavy (non-hydrogen) atoms. The van der Waals surface area contributed by atoms with Crippen molar-refractivity contribution in [3.05, 3.63) is 35.4 Å². The molecule has 1 unspecified atom stereocenters. The minimum Gasteiger partial charge on any atom is -0.396 e. The molecule has 0 saturated carbocycles. The number of piperidine rings is 1. The molecule has 3 nitrogen and oxygen atoms in total. The number of nitrogens with zero attached hydrogens (tertiary/aromatic N) is 1. The molecule has 0 bridgehead atoms. The number of aliphatic hydroxyl groups is 1. The van der Waals surface area contributed by atoms with E-state index in [0.717, 1.165) is 24.9 Å². The van der Waals surface area contributed by atoms with E-state index in [1.54, 1.807) is 0 Å². The van der Waals surface area contributed by atoms with E-state index >= 15 is 0 Å². The van der Waals surface area contributed by atoms with Crippen LogP contribution in [0, 0.1) is 12.8 Å². The van der Waals surface area contributed by atoms with Crippen LogP contribution in [0.5, 0.6) is 0 Å². The molecule has 0 aliphatic carbocycles. The van der Waals surface area contributed by atoms with Crippen molar-refractivity contribution in [2.24, 2.45) is 5.92 Å². The van der Waals surface area contributed by atoms with Crippen molar-refractivity contribution in [1.82, 2.24) is 4.90 Å². The monoisotopic (exact) mass is 247 g/mol. The van der Waals surface area contributed by atoms with E-state index in [1.165, 1.54) is 5.56 Å². The molecule has 1 aliphatic heterocycles. The van der Waals surface area contributed by atoms with Gasteiger partial charge in [-0.05, 0) is 31.2 Å². The highest BCUT2D eigenvalue weighted by atomic mass is 16.3. The molecule has 0 radical (unpaired) electrons. The Hall–Kier alpha value is -1.35. The quantitative estimate of drug-likeness (QED) is 0.884. The van der Waals surface area contributed by atoms with Crippen molar-refractivity contribution in [3.63, 3.8) is 0 Å². The van der Waals surface area contributed by atoms with E-state index < -0.39 is 0 Å². The number of hydrogen-bond acceptors (Lipinski definition) is 2. The summed E-state index contributed by atoms with van der Waals surface area (Å²) in [5, 5.41) is 9.17. The Kier molecular flexibility index (Phi) is 4.37. The highest BCUT2D eigenvalue weighted by Crippen LogP contribution is 2.17. The maximum absolute atomic E-state index is 12.2. The highest BCUT2D eigenvalue weighted by Gasteiger charge is 2.22. The first kappa shape index (κ1) is 13.1. The largest absolute Gasteiger partial charge is 0.396 e. The van der Waals surface area contributed by atoms with Gasteiger partial charge in [0.15, 0.2) is 0 Å². The van der Waals surface area contributed by atoms with Gasteiger partial charge in [0.1, 0.15) is 0 Å². The fraction of sp³-hybridized carbons (Fsp3) is 0.533. The van der Waals surface area contributed by atoms with E-state index in [0.29, 0.717) is 13.0 Å².